The Balaban J connectivity index is 3.06. The number of rotatable bonds is 1. The van der Waals surface area contributed by atoms with Crippen molar-refractivity contribution < 1.29 is 9.53 Å². The average Bonchev–Trinajstić information content (AvgIpc) is 1.98. The third-order valence-corrected chi connectivity index (χ3v) is 1.83. The number of carbonyl (C=O) groups is 1. The van der Waals surface area contributed by atoms with E-state index in [2.05, 4.69) is 0 Å². The molecule has 0 radical (unpaired) electrons. The number of nitrogens with two attached hydrogens (primary N) is 1. The minimum atomic E-state index is -0.316. The third-order valence-electron chi connectivity index (χ3n) is 1.83. The van der Waals surface area contributed by atoms with Gasteiger partial charge in [0.1, 0.15) is 5.75 Å². The summed E-state index contributed by atoms with van der Waals surface area (Å²) in [5.74, 6) is 0.236. The molecule has 0 aliphatic heterocycles. The van der Waals surface area contributed by atoms with Gasteiger partial charge in [-0.1, -0.05) is 0 Å². The Labute approximate surface area is 77.5 Å². The Bertz CT molecular complexity index is 322. The van der Waals surface area contributed by atoms with Gasteiger partial charge in [0.15, 0.2) is 0 Å². The van der Waals surface area contributed by atoms with Gasteiger partial charge in [0.25, 0.3) is 0 Å². The second kappa shape index (κ2) is 3.47. The maximum Gasteiger partial charge on any atom is 0.308 e. The van der Waals surface area contributed by atoms with Crippen LogP contribution in [0.25, 0.3) is 0 Å². The van der Waals surface area contributed by atoms with Crippen molar-refractivity contribution in [1.29, 1.82) is 0 Å². The Morgan fingerprint density at radius 2 is 1.77 bits per heavy atom. The van der Waals surface area contributed by atoms with E-state index in [1.54, 1.807) is 12.1 Å². The predicted octanol–water partition coefficient (Wildman–Crippen LogP) is 1.81. The van der Waals surface area contributed by atoms with E-state index in [0.717, 1.165) is 16.8 Å². The fourth-order valence-corrected chi connectivity index (χ4v) is 1.16. The lowest BCUT2D eigenvalue weighted by molar-refractivity contribution is -0.131. The maximum atomic E-state index is 10.7. The number of hydrogen-bond acceptors (Lipinski definition) is 3. The molecule has 1 aromatic carbocycles. The molecule has 0 aliphatic rings. The Kier molecular flexibility index (Phi) is 2.56. The minimum Gasteiger partial charge on any atom is -0.427 e. The molecule has 0 spiro atoms. The lowest BCUT2D eigenvalue weighted by Crippen LogP contribution is -2.03. The molecule has 0 atom stereocenters. The SMILES string of the molecule is CC(=O)Oc1cc(C)c(N)c(C)c1. The largest absolute Gasteiger partial charge is 0.427 e. The Morgan fingerprint density at radius 1 is 1.31 bits per heavy atom. The van der Waals surface area contributed by atoms with Crippen molar-refractivity contribution in [3.8, 4) is 5.75 Å². The smallest absolute Gasteiger partial charge is 0.308 e. The highest BCUT2D eigenvalue weighted by Crippen LogP contribution is 2.23. The summed E-state index contributed by atoms with van der Waals surface area (Å²) in [6.07, 6.45) is 0. The first-order chi connectivity index (χ1) is 6.00. The van der Waals surface area contributed by atoms with Crippen molar-refractivity contribution in [2.45, 2.75) is 20.8 Å². The zero-order chi connectivity index (χ0) is 10.0. The van der Waals surface area contributed by atoms with Crippen LogP contribution in [0.1, 0.15) is 18.1 Å². The molecule has 0 saturated heterocycles. The lowest BCUT2D eigenvalue weighted by Gasteiger charge is -2.07. The van der Waals surface area contributed by atoms with Crippen LogP contribution in [-0.2, 0) is 4.79 Å². The van der Waals surface area contributed by atoms with Gasteiger partial charge in [-0.05, 0) is 37.1 Å². The molecule has 0 amide bonds. The van der Waals surface area contributed by atoms with Gasteiger partial charge in [-0.2, -0.15) is 0 Å². The molecule has 0 heterocycles. The van der Waals surface area contributed by atoms with Gasteiger partial charge in [-0.15, -0.1) is 0 Å². The van der Waals surface area contributed by atoms with Crippen LogP contribution in [0.3, 0.4) is 0 Å². The fraction of sp³-hybridized carbons (Fsp3) is 0.300. The summed E-state index contributed by atoms with van der Waals surface area (Å²) in [6, 6.07) is 3.51. The summed E-state index contributed by atoms with van der Waals surface area (Å²) in [5, 5.41) is 0. The molecule has 3 nitrogen and oxygen atoms in total. The first kappa shape index (κ1) is 9.58. The molecule has 3 heteroatoms. The highest BCUT2D eigenvalue weighted by atomic mass is 16.5. The van der Waals surface area contributed by atoms with Crippen molar-refractivity contribution >= 4 is 11.7 Å². The molecule has 1 aromatic rings. The van der Waals surface area contributed by atoms with Gasteiger partial charge in [-0.3, -0.25) is 4.79 Å². The summed E-state index contributed by atoms with van der Waals surface area (Å²) >= 11 is 0. The Hall–Kier alpha value is -1.51. The van der Waals surface area contributed by atoms with E-state index in [1.165, 1.54) is 6.92 Å². The molecule has 0 bridgehead atoms. The number of nitrogen functional groups attached to an aromatic ring is 1. The van der Waals surface area contributed by atoms with Gasteiger partial charge in [0.2, 0.25) is 0 Å². The number of anilines is 1. The van der Waals surface area contributed by atoms with Crippen LogP contribution in [0.5, 0.6) is 5.75 Å². The standard InChI is InChI=1S/C10H13NO2/c1-6-4-9(13-8(3)12)5-7(2)10(6)11/h4-5H,11H2,1-3H3. The molecule has 1 rings (SSSR count). The molecule has 0 fully saturated rings. The van der Waals surface area contributed by atoms with E-state index in [0.29, 0.717) is 5.75 Å². The zero-order valence-corrected chi connectivity index (χ0v) is 8.05. The van der Waals surface area contributed by atoms with Gasteiger partial charge >= 0.3 is 5.97 Å². The Morgan fingerprint density at radius 3 is 2.15 bits per heavy atom. The van der Waals surface area contributed by atoms with Gasteiger partial charge in [0.05, 0.1) is 0 Å². The molecule has 0 aliphatic carbocycles. The molecular weight excluding hydrogens is 166 g/mol. The molecule has 0 unspecified atom stereocenters. The normalized spacial score (nSPS) is 9.77. The predicted molar refractivity (Wildman–Crippen MR) is 51.6 cm³/mol. The first-order valence-corrected chi connectivity index (χ1v) is 4.06. The van der Waals surface area contributed by atoms with E-state index < -0.39 is 0 Å². The van der Waals surface area contributed by atoms with Crippen LogP contribution >= 0.6 is 0 Å². The summed E-state index contributed by atoms with van der Waals surface area (Å²) < 4.78 is 4.94. The first-order valence-electron chi connectivity index (χ1n) is 4.06. The fourth-order valence-electron chi connectivity index (χ4n) is 1.16. The molecular formula is C10H13NO2. The molecule has 0 aromatic heterocycles. The van der Waals surface area contributed by atoms with Crippen molar-refractivity contribution in [1.82, 2.24) is 0 Å². The van der Waals surface area contributed by atoms with Crippen molar-refractivity contribution in [3.63, 3.8) is 0 Å². The van der Waals surface area contributed by atoms with E-state index in [-0.39, 0.29) is 5.97 Å². The topological polar surface area (TPSA) is 52.3 Å². The summed E-state index contributed by atoms with van der Waals surface area (Å²) in [4.78, 5) is 10.7. The minimum absolute atomic E-state index is 0.316. The van der Waals surface area contributed by atoms with Crippen LogP contribution < -0.4 is 10.5 Å². The van der Waals surface area contributed by atoms with Crippen LogP contribution in [0, 0.1) is 13.8 Å². The third kappa shape index (κ3) is 2.21. The zero-order valence-electron chi connectivity index (χ0n) is 8.05. The van der Waals surface area contributed by atoms with Crippen molar-refractivity contribution in [3.05, 3.63) is 23.3 Å². The summed E-state index contributed by atoms with van der Waals surface area (Å²) in [6.45, 7) is 5.14. The van der Waals surface area contributed by atoms with Gasteiger partial charge in [0, 0.05) is 12.6 Å². The number of carbonyl (C=O) groups excluding carboxylic acids is 1. The van der Waals surface area contributed by atoms with Gasteiger partial charge in [-0.25, -0.2) is 0 Å². The van der Waals surface area contributed by atoms with Crippen LogP contribution in [-0.4, -0.2) is 5.97 Å². The van der Waals surface area contributed by atoms with E-state index in [9.17, 15) is 4.79 Å². The maximum absolute atomic E-state index is 10.7. The molecule has 0 saturated carbocycles. The quantitative estimate of drug-likeness (QED) is 0.406. The monoisotopic (exact) mass is 179 g/mol. The molecule has 70 valence electrons. The highest BCUT2D eigenvalue weighted by Gasteiger charge is 2.03. The van der Waals surface area contributed by atoms with Crippen LogP contribution in [0.2, 0.25) is 0 Å². The van der Waals surface area contributed by atoms with E-state index >= 15 is 0 Å². The number of hydrogen-bond donors (Lipinski definition) is 1. The van der Waals surface area contributed by atoms with E-state index in [4.69, 9.17) is 10.5 Å². The van der Waals surface area contributed by atoms with Crippen LogP contribution in [0.15, 0.2) is 12.1 Å². The second-order valence-corrected chi connectivity index (χ2v) is 3.06. The average molecular weight is 179 g/mol. The van der Waals surface area contributed by atoms with Crippen molar-refractivity contribution in [2.75, 3.05) is 5.73 Å². The number of ether oxygens (including phenoxy) is 1. The molecule has 2 N–H and O–H groups in total. The van der Waals surface area contributed by atoms with Crippen LogP contribution in [0.4, 0.5) is 5.69 Å². The lowest BCUT2D eigenvalue weighted by atomic mass is 10.1. The summed E-state index contributed by atoms with van der Waals surface area (Å²) in [7, 11) is 0. The number of aryl methyl sites for hydroxylation is 2. The number of benzene rings is 1. The number of esters is 1. The summed E-state index contributed by atoms with van der Waals surface area (Å²) in [5.41, 5.74) is 8.34. The van der Waals surface area contributed by atoms with E-state index in [1.807, 2.05) is 13.8 Å². The van der Waals surface area contributed by atoms with Crippen molar-refractivity contribution in [2.24, 2.45) is 0 Å². The highest BCUT2D eigenvalue weighted by molar-refractivity contribution is 5.70. The van der Waals surface area contributed by atoms with Gasteiger partial charge < -0.3 is 10.5 Å². The molecule has 13 heavy (non-hydrogen) atoms. The second-order valence-electron chi connectivity index (χ2n) is 3.06.